The van der Waals surface area contributed by atoms with Gasteiger partial charge in [0.25, 0.3) is 0 Å². The molecule has 142 valence electrons. The average Bonchev–Trinajstić information content (AvgIpc) is 3.04. The molecular formula is C20H23N3O3S. The van der Waals surface area contributed by atoms with Crippen LogP contribution in [-0.4, -0.2) is 25.9 Å². The van der Waals surface area contributed by atoms with Gasteiger partial charge < -0.3 is 10.3 Å². The van der Waals surface area contributed by atoms with Crippen LogP contribution < -0.4 is 10.5 Å². The molecule has 1 aromatic heterocycles. The van der Waals surface area contributed by atoms with Crippen LogP contribution in [0.1, 0.15) is 18.1 Å². The van der Waals surface area contributed by atoms with E-state index in [-0.39, 0.29) is 16.7 Å². The molecule has 3 rings (SSSR count). The highest BCUT2D eigenvalue weighted by molar-refractivity contribution is 7.89. The third kappa shape index (κ3) is 4.75. The smallest absolute Gasteiger partial charge is 0.238 e. The number of aromatic nitrogens is 1. The number of carbonyl (C=O) groups is 1. The Kier molecular flexibility index (Phi) is 5.62. The van der Waals surface area contributed by atoms with E-state index in [0.717, 1.165) is 22.0 Å². The van der Waals surface area contributed by atoms with E-state index in [9.17, 15) is 13.2 Å². The van der Waals surface area contributed by atoms with Crippen molar-refractivity contribution in [2.75, 3.05) is 6.54 Å². The van der Waals surface area contributed by atoms with E-state index in [1.807, 2.05) is 31.3 Å². The molecule has 2 aromatic carbocycles. The Morgan fingerprint density at radius 3 is 2.56 bits per heavy atom. The van der Waals surface area contributed by atoms with Gasteiger partial charge in [0.1, 0.15) is 0 Å². The van der Waals surface area contributed by atoms with Crippen LogP contribution >= 0.6 is 0 Å². The zero-order valence-corrected chi connectivity index (χ0v) is 15.9. The van der Waals surface area contributed by atoms with Crippen LogP contribution in [0.2, 0.25) is 0 Å². The molecule has 0 saturated carbocycles. The zero-order chi connectivity index (χ0) is 19.4. The largest absolute Gasteiger partial charge is 0.361 e. The first kappa shape index (κ1) is 19.1. The normalized spacial score (nSPS) is 12.8. The molecule has 4 N–H and O–H groups in total. The Labute approximate surface area is 158 Å². The van der Waals surface area contributed by atoms with Gasteiger partial charge in [0.2, 0.25) is 15.9 Å². The van der Waals surface area contributed by atoms with Crippen molar-refractivity contribution in [2.45, 2.75) is 24.7 Å². The summed E-state index contributed by atoms with van der Waals surface area (Å²) in [5, 5.41) is 9.17. The maximum absolute atomic E-state index is 12.4. The highest BCUT2D eigenvalue weighted by Gasteiger charge is 2.15. The summed E-state index contributed by atoms with van der Waals surface area (Å²) in [5.41, 5.74) is 3.14. The zero-order valence-electron chi connectivity index (χ0n) is 15.1. The summed E-state index contributed by atoms with van der Waals surface area (Å²) in [6, 6.07) is 14.4. The van der Waals surface area contributed by atoms with Crippen LogP contribution in [0, 0.1) is 5.92 Å². The molecule has 1 atom stereocenters. The number of para-hydroxylation sites is 1. The second kappa shape index (κ2) is 7.94. The van der Waals surface area contributed by atoms with Crippen molar-refractivity contribution in [1.29, 1.82) is 0 Å². The summed E-state index contributed by atoms with van der Waals surface area (Å²) in [6.45, 7) is 2.41. The number of sulfonamides is 1. The topological polar surface area (TPSA) is 105 Å². The molecule has 6 nitrogen and oxygen atoms in total. The van der Waals surface area contributed by atoms with Crippen LogP contribution in [0.5, 0.6) is 0 Å². The summed E-state index contributed by atoms with van der Waals surface area (Å²) >= 11 is 0. The molecule has 1 unspecified atom stereocenters. The van der Waals surface area contributed by atoms with E-state index in [0.29, 0.717) is 19.4 Å². The number of nitrogens with one attached hydrogen (secondary N) is 2. The number of H-pyrrole nitrogens is 1. The van der Waals surface area contributed by atoms with Crippen molar-refractivity contribution in [1.82, 2.24) is 10.3 Å². The predicted molar refractivity (Wildman–Crippen MR) is 106 cm³/mol. The van der Waals surface area contributed by atoms with Crippen LogP contribution in [0.15, 0.2) is 59.6 Å². The Balaban J connectivity index is 1.51. The number of fused-ring (bicyclic) bond motifs is 1. The van der Waals surface area contributed by atoms with Crippen molar-refractivity contribution < 1.29 is 13.2 Å². The Morgan fingerprint density at radius 2 is 1.85 bits per heavy atom. The lowest BCUT2D eigenvalue weighted by molar-refractivity contribution is -0.124. The minimum absolute atomic E-state index is 0.00133. The lowest BCUT2D eigenvalue weighted by Gasteiger charge is -2.12. The fraction of sp³-hybridized carbons (Fsp3) is 0.250. The molecule has 1 amide bonds. The Bertz CT molecular complexity index is 1040. The summed E-state index contributed by atoms with van der Waals surface area (Å²) in [5.74, 6) is -0.143. The number of benzene rings is 2. The third-order valence-electron chi connectivity index (χ3n) is 4.61. The Hall–Kier alpha value is -2.64. The van der Waals surface area contributed by atoms with E-state index in [1.54, 1.807) is 12.1 Å². The van der Waals surface area contributed by atoms with Gasteiger partial charge in [-0.05, 0) is 42.2 Å². The van der Waals surface area contributed by atoms with Crippen molar-refractivity contribution in [3.8, 4) is 0 Å². The van der Waals surface area contributed by atoms with Gasteiger partial charge in [-0.25, -0.2) is 13.6 Å². The van der Waals surface area contributed by atoms with Gasteiger partial charge in [0.15, 0.2) is 0 Å². The van der Waals surface area contributed by atoms with Crippen molar-refractivity contribution >= 4 is 26.8 Å². The van der Waals surface area contributed by atoms with Gasteiger partial charge in [0, 0.05) is 29.6 Å². The molecule has 27 heavy (non-hydrogen) atoms. The molecule has 1 heterocycles. The number of primary sulfonamides is 1. The summed E-state index contributed by atoms with van der Waals surface area (Å²) in [7, 11) is -3.68. The number of hydrogen-bond donors (Lipinski definition) is 3. The standard InChI is InChI=1S/C20H23N3O3S/c1-14(12-16-13-23-19-5-3-2-4-18(16)19)20(24)22-11-10-15-6-8-17(9-7-15)27(21,25)26/h2-9,13-14,23H,10-12H2,1H3,(H,22,24)(H2,21,25,26). The van der Waals surface area contributed by atoms with Crippen molar-refractivity contribution in [2.24, 2.45) is 11.1 Å². The molecule has 0 aliphatic carbocycles. The fourth-order valence-electron chi connectivity index (χ4n) is 3.07. The molecule has 7 heteroatoms. The highest BCUT2D eigenvalue weighted by atomic mass is 32.2. The highest BCUT2D eigenvalue weighted by Crippen LogP contribution is 2.20. The predicted octanol–water partition coefficient (Wildman–Crippen LogP) is 2.35. The van der Waals surface area contributed by atoms with E-state index in [1.165, 1.54) is 12.1 Å². The van der Waals surface area contributed by atoms with Gasteiger partial charge >= 0.3 is 0 Å². The monoisotopic (exact) mass is 385 g/mol. The molecule has 0 aliphatic heterocycles. The quantitative estimate of drug-likeness (QED) is 0.581. The second-order valence-corrected chi connectivity index (χ2v) is 8.26. The SMILES string of the molecule is CC(Cc1c[nH]c2ccccc12)C(=O)NCCc1ccc(S(N)(=O)=O)cc1. The minimum atomic E-state index is -3.68. The second-order valence-electron chi connectivity index (χ2n) is 6.69. The lowest BCUT2D eigenvalue weighted by atomic mass is 10.00. The molecule has 0 fully saturated rings. The molecule has 0 bridgehead atoms. The number of carbonyl (C=O) groups excluding carboxylic acids is 1. The maximum atomic E-state index is 12.4. The number of nitrogens with two attached hydrogens (primary N) is 1. The molecule has 0 spiro atoms. The third-order valence-corrected chi connectivity index (χ3v) is 5.54. The van der Waals surface area contributed by atoms with E-state index in [2.05, 4.69) is 16.4 Å². The number of rotatable bonds is 7. The first-order valence-electron chi connectivity index (χ1n) is 8.79. The molecule has 0 radical (unpaired) electrons. The summed E-state index contributed by atoms with van der Waals surface area (Å²) in [4.78, 5) is 15.7. The lowest BCUT2D eigenvalue weighted by Crippen LogP contribution is -2.31. The molecule has 0 saturated heterocycles. The van der Waals surface area contributed by atoms with Crippen molar-refractivity contribution in [3.05, 3.63) is 65.9 Å². The number of aromatic amines is 1. The number of amides is 1. The van der Waals surface area contributed by atoms with Gasteiger partial charge in [-0.3, -0.25) is 4.79 Å². The number of hydrogen-bond acceptors (Lipinski definition) is 3. The van der Waals surface area contributed by atoms with Gasteiger partial charge in [-0.1, -0.05) is 37.3 Å². The summed E-state index contributed by atoms with van der Waals surface area (Å²) in [6.07, 6.45) is 3.25. The first-order valence-corrected chi connectivity index (χ1v) is 10.3. The Morgan fingerprint density at radius 1 is 1.15 bits per heavy atom. The van der Waals surface area contributed by atoms with Gasteiger partial charge in [-0.15, -0.1) is 0 Å². The molecule has 0 aliphatic rings. The van der Waals surface area contributed by atoms with Crippen LogP contribution in [0.3, 0.4) is 0 Å². The average molecular weight is 385 g/mol. The molecular weight excluding hydrogens is 362 g/mol. The first-order chi connectivity index (χ1) is 12.8. The van der Waals surface area contributed by atoms with Crippen LogP contribution in [0.25, 0.3) is 10.9 Å². The van der Waals surface area contributed by atoms with Gasteiger partial charge in [0.05, 0.1) is 4.90 Å². The van der Waals surface area contributed by atoms with Crippen LogP contribution in [0.4, 0.5) is 0 Å². The van der Waals surface area contributed by atoms with Gasteiger partial charge in [-0.2, -0.15) is 0 Å². The van der Waals surface area contributed by atoms with E-state index < -0.39 is 10.0 Å². The minimum Gasteiger partial charge on any atom is -0.361 e. The fourth-order valence-corrected chi connectivity index (χ4v) is 3.59. The van der Waals surface area contributed by atoms with Crippen molar-refractivity contribution in [3.63, 3.8) is 0 Å². The maximum Gasteiger partial charge on any atom is 0.238 e. The summed E-state index contributed by atoms with van der Waals surface area (Å²) < 4.78 is 22.5. The van der Waals surface area contributed by atoms with E-state index in [4.69, 9.17) is 5.14 Å². The van der Waals surface area contributed by atoms with Crippen LogP contribution in [-0.2, 0) is 27.7 Å². The van der Waals surface area contributed by atoms with E-state index >= 15 is 0 Å². The molecule has 3 aromatic rings.